The van der Waals surface area contributed by atoms with Crippen LogP contribution in [-0.2, 0) is 0 Å². The van der Waals surface area contributed by atoms with Crippen LogP contribution in [0.15, 0.2) is 43.0 Å². The minimum absolute atomic E-state index is 0.153. The Morgan fingerprint density at radius 3 is 3.09 bits per heavy atom. The zero-order chi connectivity index (χ0) is 21.9. The number of amides is 1. The fraction of sp³-hybridized carbons (Fsp3) is 0.348. The van der Waals surface area contributed by atoms with Gasteiger partial charge in [0.05, 0.1) is 17.9 Å². The molecular weight excluding hydrogens is 406 g/mol. The smallest absolute Gasteiger partial charge is 0.270 e. The van der Waals surface area contributed by atoms with Gasteiger partial charge in [0, 0.05) is 24.5 Å². The summed E-state index contributed by atoms with van der Waals surface area (Å²) in [5, 5.41) is 3.78. The molecule has 1 aliphatic heterocycles. The summed E-state index contributed by atoms with van der Waals surface area (Å²) in [4.78, 5) is 35.4. The fourth-order valence-corrected chi connectivity index (χ4v) is 4.15. The van der Waals surface area contributed by atoms with Crippen LogP contribution in [0.4, 0.5) is 5.82 Å². The summed E-state index contributed by atoms with van der Waals surface area (Å²) in [5.41, 5.74) is 2.60. The molecule has 4 heterocycles. The van der Waals surface area contributed by atoms with Crippen molar-refractivity contribution in [3.8, 4) is 5.75 Å². The summed E-state index contributed by atoms with van der Waals surface area (Å²) in [6.45, 7) is 4.00. The molecule has 5 rings (SSSR count). The Labute approximate surface area is 185 Å². The summed E-state index contributed by atoms with van der Waals surface area (Å²) in [6, 6.07) is 9.62. The van der Waals surface area contributed by atoms with Crippen molar-refractivity contribution in [1.82, 2.24) is 30.2 Å². The van der Waals surface area contributed by atoms with Crippen molar-refractivity contribution < 1.29 is 9.53 Å². The van der Waals surface area contributed by atoms with Crippen molar-refractivity contribution in [2.75, 3.05) is 24.6 Å². The average molecular weight is 432 g/mol. The average Bonchev–Trinajstić information content (AvgIpc) is 3.50. The number of pyridine rings is 1. The van der Waals surface area contributed by atoms with Gasteiger partial charge in [0.15, 0.2) is 11.5 Å². The number of para-hydroxylation sites is 1. The lowest BCUT2D eigenvalue weighted by Gasteiger charge is -2.26. The quantitative estimate of drug-likeness (QED) is 0.463. The van der Waals surface area contributed by atoms with E-state index in [0.717, 1.165) is 48.0 Å². The summed E-state index contributed by atoms with van der Waals surface area (Å²) in [5.74, 6) is 1.32. The molecule has 1 aliphatic rings. The number of ether oxygens (including phenoxy) is 1. The molecule has 3 aromatic heterocycles. The van der Waals surface area contributed by atoms with Crippen LogP contribution >= 0.6 is 0 Å². The number of nitrogens with zero attached hydrogens (tertiary/aromatic N) is 5. The molecule has 0 radical (unpaired) electrons. The summed E-state index contributed by atoms with van der Waals surface area (Å²) in [6.07, 6.45) is 6.10. The molecule has 1 fully saturated rings. The molecule has 1 saturated heterocycles. The van der Waals surface area contributed by atoms with Crippen molar-refractivity contribution in [3.63, 3.8) is 0 Å². The molecule has 0 unspecified atom stereocenters. The van der Waals surface area contributed by atoms with Crippen LogP contribution in [0, 0.1) is 0 Å². The molecule has 4 aromatic rings. The first-order chi connectivity index (χ1) is 15.7. The first-order valence-electron chi connectivity index (χ1n) is 11.0. The van der Waals surface area contributed by atoms with E-state index < -0.39 is 0 Å². The number of benzene rings is 1. The number of nitrogens with one attached hydrogen (secondary N) is 2. The number of fused-ring (bicyclic) bond motifs is 2. The lowest BCUT2D eigenvalue weighted by atomic mass is 10.1. The van der Waals surface area contributed by atoms with Gasteiger partial charge in [0.1, 0.15) is 29.9 Å². The van der Waals surface area contributed by atoms with E-state index in [-0.39, 0.29) is 11.9 Å². The van der Waals surface area contributed by atoms with E-state index in [1.54, 1.807) is 18.7 Å². The number of aromatic amines is 1. The van der Waals surface area contributed by atoms with E-state index >= 15 is 0 Å². The van der Waals surface area contributed by atoms with Gasteiger partial charge in [-0.15, -0.1) is 0 Å². The van der Waals surface area contributed by atoms with Crippen LogP contribution in [0.3, 0.4) is 0 Å². The third-order valence-electron chi connectivity index (χ3n) is 5.73. The number of aromatic nitrogens is 5. The van der Waals surface area contributed by atoms with E-state index in [1.807, 2.05) is 31.2 Å². The molecule has 0 aliphatic carbocycles. The summed E-state index contributed by atoms with van der Waals surface area (Å²) < 4.78 is 6.31. The highest BCUT2D eigenvalue weighted by Crippen LogP contribution is 2.30. The Morgan fingerprint density at radius 2 is 2.19 bits per heavy atom. The Hall–Kier alpha value is -3.75. The van der Waals surface area contributed by atoms with Gasteiger partial charge in [-0.2, -0.15) is 0 Å². The maximum atomic E-state index is 12.5. The Morgan fingerprint density at radius 1 is 1.28 bits per heavy atom. The maximum absolute atomic E-state index is 12.5. The minimum Gasteiger partial charge on any atom is -0.491 e. The number of carbonyl (C=O) groups is 1. The van der Waals surface area contributed by atoms with E-state index in [1.165, 1.54) is 0 Å². The van der Waals surface area contributed by atoms with E-state index in [9.17, 15) is 4.79 Å². The highest BCUT2D eigenvalue weighted by atomic mass is 16.5. The van der Waals surface area contributed by atoms with Crippen LogP contribution in [0.5, 0.6) is 5.75 Å². The number of anilines is 1. The Balaban J connectivity index is 1.40. The Kier molecular flexibility index (Phi) is 5.53. The number of hydrogen-bond donors (Lipinski definition) is 2. The molecule has 164 valence electrons. The van der Waals surface area contributed by atoms with Crippen LogP contribution in [0.1, 0.15) is 36.7 Å². The number of rotatable bonds is 7. The maximum Gasteiger partial charge on any atom is 0.270 e. The second kappa shape index (κ2) is 8.78. The predicted molar refractivity (Wildman–Crippen MR) is 122 cm³/mol. The third-order valence-corrected chi connectivity index (χ3v) is 5.73. The largest absolute Gasteiger partial charge is 0.491 e. The Bertz CT molecular complexity index is 1260. The van der Waals surface area contributed by atoms with Gasteiger partial charge in [0.2, 0.25) is 0 Å². The van der Waals surface area contributed by atoms with Crippen LogP contribution in [0.25, 0.3) is 22.1 Å². The van der Waals surface area contributed by atoms with E-state index in [4.69, 9.17) is 4.74 Å². The molecule has 1 amide bonds. The SMILES string of the molecule is CCCNC(=O)c1cc(OC[C@H]2CCCN2c2ncnc3nc[nH]c23)c2ccccc2n1. The second-order valence-electron chi connectivity index (χ2n) is 7.88. The molecule has 0 saturated carbocycles. The van der Waals surface area contributed by atoms with Crippen molar-refractivity contribution in [2.24, 2.45) is 0 Å². The van der Waals surface area contributed by atoms with Gasteiger partial charge >= 0.3 is 0 Å². The normalized spacial score (nSPS) is 16.0. The number of hydrogen-bond acceptors (Lipinski definition) is 7. The third kappa shape index (κ3) is 3.81. The predicted octanol–water partition coefficient (Wildman–Crippen LogP) is 3.09. The summed E-state index contributed by atoms with van der Waals surface area (Å²) in [7, 11) is 0. The number of imidazole rings is 1. The number of carbonyl (C=O) groups excluding carboxylic acids is 1. The molecule has 1 atom stereocenters. The topological polar surface area (TPSA) is 109 Å². The van der Waals surface area contributed by atoms with E-state index in [0.29, 0.717) is 30.2 Å². The summed E-state index contributed by atoms with van der Waals surface area (Å²) >= 11 is 0. The molecule has 9 nitrogen and oxygen atoms in total. The fourth-order valence-electron chi connectivity index (χ4n) is 4.15. The van der Waals surface area contributed by atoms with Crippen molar-refractivity contribution >= 4 is 33.8 Å². The molecule has 9 heteroatoms. The highest BCUT2D eigenvalue weighted by Gasteiger charge is 2.28. The molecule has 0 spiro atoms. The van der Waals surface area contributed by atoms with Crippen molar-refractivity contribution in [1.29, 1.82) is 0 Å². The van der Waals surface area contributed by atoms with Crippen molar-refractivity contribution in [2.45, 2.75) is 32.2 Å². The van der Waals surface area contributed by atoms with Crippen molar-refractivity contribution in [3.05, 3.63) is 48.7 Å². The standard InChI is InChI=1S/C23H25N7O2/c1-2-9-24-23(31)18-11-19(16-7-3-4-8-17(16)29-18)32-12-15-6-5-10-30(15)22-20-21(26-13-25-20)27-14-28-22/h3-4,7-8,11,13-15H,2,5-6,9-10,12H2,1H3,(H,24,31)(H,25,26,27,28)/t15-/m1/s1. The first-order valence-corrected chi connectivity index (χ1v) is 11.0. The molecule has 1 aromatic carbocycles. The molecule has 2 N–H and O–H groups in total. The zero-order valence-corrected chi connectivity index (χ0v) is 17.9. The zero-order valence-electron chi connectivity index (χ0n) is 17.9. The van der Waals surface area contributed by atoms with Gasteiger partial charge in [0.25, 0.3) is 5.91 Å². The lowest BCUT2D eigenvalue weighted by Crippen LogP contribution is -2.35. The van der Waals surface area contributed by atoms with Gasteiger partial charge in [-0.25, -0.2) is 19.9 Å². The van der Waals surface area contributed by atoms with Gasteiger partial charge in [-0.05, 0) is 31.4 Å². The van der Waals surface area contributed by atoms with Gasteiger partial charge in [-0.1, -0.05) is 19.1 Å². The first kappa shape index (κ1) is 20.2. The van der Waals surface area contributed by atoms with Crippen LogP contribution < -0.4 is 15.0 Å². The monoisotopic (exact) mass is 431 g/mol. The second-order valence-corrected chi connectivity index (χ2v) is 7.88. The van der Waals surface area contributed by atoms with Gasteiger partial charge < -0.3 is 19.9 Å². The van der Waals surface area contributed by atoms with Gasteiger partial charge in [-0.3, -0.25) is 4.79 Å². The van der Waals surface area contributed by atoms with Crippen LogP contribution in [-0.4, -0.2) is 56.6 Å². The van der Waals surface area contributed by atoms with Crippen LogP contribution in [0.2, 0.25) is 0 Å². The van der Waals surface area contributed by atoms with E-state index in [2.05, 4.69) is 35.1 Å². The lowest BCUT2D eigenvalue weighted by molar-refractivity contribution is 0.0948. The highest BCUT2D eigenvalue weighted by molar-refractivity contribution is 5.97. The molecule has 0 bridgehead atoms. The molecular formula is C23H25N7O2. The number of H-pyrrole nitrogens is 1. The molecule has 32 heavy (non-hydrogen) atoms. The minimum atomic E-state index is -0.187.